The Balaban J connectivity index is 3.02. The van der Waals surface area contributed by atoms with E-state index in [1.807, 2.05) is 13.0 Å². The first-order valence-electron chi connectivity index (χ1n) is 3.93. The summed E-state index contributed by atoms with van der Waals surface area (Å²) in [5, 5.41) is 8.73. The fourth-order valence-electron chi connectivity index (χ4n) is 0.828. The minimum absolute atomic E-state index is 0.0741. The molecular formula is C9H8ClN3O. The highest BCUT2D eigenvalue weighted by Gasteiger charge is 2.07. The van der Waals surface area contributed by atoms with Crippen molar-refractivity contribution in [2.75, 3.05) is 6.61 Å². The third kappa shape index (κ3) is 2.21. The van der Waals surface area contributed by atoms with Crippen LogP contribution < -0.4 is 0 Å². The number of nitriles is 1. The maximum Gasteiger partial charge on any atom is 0.178 e. The molecule has 0 radical (unpaired) electrons. The smallest absolute Gasteiger partial charge is 0.178 e. The zero-order chi connectivity index (χ0) is 10.6. The molecule has 0 bridgehead atoms. The van der Waals surface area contributed by atoms with E-state index < -0.39 is 0 Å². The third-order valence-electron chi connectivity index (χ3n) is 1.44. The first-order chi connectivity index (χ1) is 6.69. The molecule has 1 aromatic heterocycles. The predicted molar refractivity (Wildman–Crippen MR) is 52.4 cm³/mol. The molecule has 0 spiro atoms. The van der Waals surface area contributed by atoms with Gasteiger partial charge in [0.15, 0.2) is 10.8 Å². The lowest BCUT2D eigenvalue weighted by Crippen LogP contribution is -1.97. The number of hydrogen-bond acceptors (Lipinski definition) is 4. The SMILES string of the molecule is C=C(OCC)c1cnc(Cl)c(C#N)n1. The van der Waals surface area contributed by atoms with Gasteiger partial charge < -0.3 is 4.74 Å². The molecule has 0 aliphatic rings. The summed E-state index contributed by atoms with van der Waals surface area (Å²) < 4.78 is 5.12. The number of ether oxygens (including phenoxy) is 1. The van der Waals surface area contributed by atoms with Gasteiger partial charge in [0.2, 0.25) is 0 Å². The number of hydrogen-bond donors (Lipinski definition) is 0. The van der Waals surface area contributed by atoms with Gasteiger partial charge in [-0.2, -0.15) is 5.26 Å². The van der Waals surface area contributed by atoms with Crippen LogP contribution in [0.25, 0.3) is 5.76 Å². The van der Waals surface area contributed by atoms with Gasteiger partial charge in [0.1, 0.15) is 17.5 Å². The van der Waals surface area contributed by atoms with Crippen LogP contribution in [0.2, 0.25) is 5.15 Å². The lowest BCUT2D eigenvalue weighted by Gasteiger charge is -2.05. The summed E-state index contributed by atoms with van der Waals surface area (Å²) in [5.74, 6) is 0.383. The van der Waals surface area contributed by atoms with Crippen molar-refractivity contribution in [1.82, 2.24) is 9.97 Å². The maximum absolute atomic E-state index is 8.65. The van der Waals surface area contributed by atoms with Crippen LogP contribution in [0.3, 0.4) is 0 Å². The summed E-state index contributed by atoms with van der Waals surface area (Å²) in [6.07, 6.45) is 1.42. The van der Waals surface area contributed by atoms with E-state index in [-0.39, 0.29) is 10.8 Å². The summed E-state index contributed by atoms with van der Waals surface area (Å²) >= 11 is 5.61. The Morgan fingerprint density at radius 3 is 3.07 bits per heavy atom. The van der Waals surface area contributed by atoms with Crippen molar-refractivity contribution in [2.45, 2.75) is 6.92 Å². The van der Waals surface area contributed by atoms with Gasteiger partial charge in [0.25, 0.3) is 0 Å². The molecule has 0 aromatic carbocycles. The highest BCUT2D eigenvalue weighted by Crippen LogP contribution is 2.14. The van der Waals surface area contributed by atoms with Crippen LogP contribution in [0.15, 0.2) is 12.8 Å². The average molecular weight is 210 g/mol. The molecule has 0 saturated heterocycles. The molecule has 1 aromatic rings. The van der Waals surface area contributed by atoms with Gasteiger partial charge in [-0.1, -0.05) is 18.2 Å². The molecular weight excluding hydrogens is 202 g/mol. The van der Waals surface area contributed by atoms with Gasteiger partial charge in [-0.3, -0.25) is 0 Å². The normalized spacial score (nSPS) is 9.21. The monoisotopic (exact) mass is 209 g/mol. The number of nitrogens with zero attached hydrogens (tertiary/aromatic N) is 3. The lowest BCUT2D eigenvalue weighted by molar-refractivity contribution is 0.297. The Morgan fingerprint density at radius 2 is 2.50 bits per heavy atom. The molecule has 0 saturated carbocycles. The number of halogens is 1. The minimum atomic E-state index is 0.0741. The van der Waals surface area contributed by atoms with Crippen molar-refractivity contribution in [2.24, 2.45) is 0 Å². The molecule has 0 aliphatic carbocycles. The highest BCUT2D eigenvalue weighted by atomic mass is 35.5. The second-order valence-corrected chi connectivity index (χ2v) is 2.72. The second kappa shape index (κ2) is 4.58. The van der Waals surface area contributed by atoms with E-state index >= 15 is 0 Å². The van der Waals surface area contributed by atoms with Crippen molar-refractivity contribution in [3.05, 3.63) is 29.3 Å². The van der Waals surface area contributed by atoms with Crippen LogP contribution in [0.5, 0.6) is 0 Å². The summed E-state index contributed by atoms with van der Waals surface area (Å²) in [7, 11) is 0. The van der Waals surface area contributed by atoms with Crippen LogP contribution in [-0.4, -0.2) is 16.6 Å². The summed E-state index contributed by atoms with van der Waals surface area (Å²) in [6, 6.07) is 1.83. The average Bonchev–Trinajstić information content (AvgIpc) is 2.19. The first-order valence-corrected chi connectivity index (χ1v) is 4.31. The van der Waals surface area contributed by atoms with E-state index in [0.717, 1.165) is 0 Å². The van der Waals surface area contributed by atoms with Crippen LogP contribution in [-0.2, 0) is 4.74 Å². The molecule has 0 atom stereocenters. The van der Waals surface area contributed by atoms with Crippen molar-refractivity contribution in [3.63, 3.8) is 0 Å². The van der Waals surface area contributed by atoms with Gasteiger partial charge in [-0.15, -0.1) is 0 Å². The largest absolute Gasteiger partial charge is 0.492 e. The van der Waals surface area contributed by atoms with Gasteiger partial charge in [0, 0.05) is 0 Å². The van der Waals surface area contributed by atoms with Gasteiger partial charge in [-0.05, 0) is 6.92 Å². The highest BCUT2D eigenvalue weighted by molar-refractivity contribution is 6.30. The topological polar surface area (TPSA) is 58.8 Å². The van der Waals surface area contributed by atoms with E-state index in [4.69, 9.17) is 21.6 Å². The van der Waals surface area contributed by atoms with E-state index in [1.165, 1.54) is 6.20 Å². The number of rotatable bonds is 3. The Bertz CT molecular complexity index is 398. The van der Waals surface area contributed by atoms with Crippen molar-refractivity contribution < 1.29 is 4.74 Å². The quantitative estimate of drug-likeness (QED) is 0.715. The Labute approximate surface area is 86.8 Å². The van der Waals surface area contributed by atoms with E-state index in [2.05, 4.69) is 16.5 Å². The Morgan fingerprint density at radius 1 is 1.79 bits per heavy atom. The second-order valence-electron chi connectivity index (χ2n) is 2.36. The fraction of sp³-hybridized carbons (Fsp3) is 0.222. The first kappa shape index (κ1) is 10.5. The van der Waals surface area contributed by atoms with E-state index in [0.29, 0.717) is 18.1 Å². The molecule has 5 heteroatoms. The van der Waals surface area contributed by atoms with Crippen LogP contribution in [0.4, 0.5) is 0 Å². The molecule has 0 fully saturated rings. The standard InChI is InChI=1S/C9H8ClN3O/c1-3-14-6(2)8-5-12-9(10)7(4-11)13-8/h5H,2-3H2,1H3. The van der Waals surface area contributed by atoms with E-state index in [1.54, 1.807) is 0 Å². The predicted octanol–water partition coefficient (Wildman–Crippen LogP) is 2.01. The fourth-order valence-corrected chi connectivity index (χ4v) is 0.961. The molecule has 14 heavy (non-hydrogen) atoms. The molecule has 1 rings (SSSR count). The summed E-state index contributed by atoms with van der Waals surface area (Å²) in [5.41, 5.74) is 0.498. The Kier molecular flexibility index (Phi) is 3.43. The van der Waals surface area contributed by atoms with Crippen LogP contribution in [0.1, 0.15) is 18.3 Å². The molecule has 1 heterocycles. The summed E-state index contributed by atoms with van der Waals surface area (Å²) in [6.45, 7) is 5.97. The summed E-state index contributed by atoms with van der Waals surface area (Å²) in [4.78, 5) is 7.72. The molecule has 0 aliphatic heterocycles. The lowest BCUT2D eigenvalue weighted by atomic mass is 10.3. The number of aromatic nitrogens is 2. The zero-order valence-corrected chi connectivity index (χ0v) is 8.38. The van der Waals surface area contributed by atoms with Gasteiger partial charge >= 0.3 is 0 Å². The minimum Gasteiger partial charge on any atom is -0.492 e. The zero-order valence-electron chi connectivity index (χ0n) is 7.62. The van der Waals surface area contributed by atoms with Crippen molar-refractivity contribution >= 4 is 17.4 Å². The van der Waals surface area contributed by atoms with Crippen molar-refractivity contribution in [3.8, 4) is 6.07 Å². The van der Waals surface area contributed by atoms with Crippen LogP contribution in [0, 0.1) is 11.3 Å². The molecule has 0 N–H and O–H groups in total. The van der Waals surface area contributed by atoms with Gasteiger partial charge in [0.05, 0.1) is 12.8 Å². The molecule has 0 amide bonds. The molecule has 4 nitrogen and oxygen atoms in total. The van der Waals surface area contributed by atoms with Gasteiger partial charge in [-0.25, -0.2) is 9.97 Å². The van der Waals surface area contributed by atoms with Crippen molar-refractivity contribution in [1.29, 1.82) is 5.26 Å². The maximum atomic E-state index is 8.65. The molecule has 0 unspecified atom stereocenters. The van der Waals surface area contributed by atoms with E-state index in [9.17, 15) is 0 Å². The third-order valence-corrected chi connectivity index (χ3v) is 1.71. The Hall–Kier alpha value is -1.60. The van der Waals surface area contributed by atoms with Crippen LogP contribution >= 0.6 is 11.6 Å². The molecule has 72 valence electrons.